The van der Waals surface area contributed by atoms with Gasteiger partial charge in [-0.05, 0) is 18.8 Å². The molecule has 0 aromatic carbocycles. The maximum absolute atomic E-state index is 14.0. The maximum atomic E-state index is 14.0. The number of nitrogen functional groups attached to an aromatic ring is 2. The first-order valence-corrected chi connectivity index (χ1v) is 6.88. The van der Waals surface area contributed by atoms with E-state index in [9.17, 15) is 4.39 Å². The molecule has 2 rings (SSSR count). The van der Waals surface area contributed by atoms with Gasteiger partial charge < -0.3 is 16.8 Å². The number of alkyl halides is 1. The van der Waals surface area contributed by atoms with Crippen LogP contribution in [0.5, 0.6) is 0 Å². The summed E-state index contributed by atoms with van der Waals surface area (Å²) < 4.78 is 14.0. The van der Waals surface area contributed by atoms with Crippen LogP contribution in [-0.2, 0) is 6.54 Å². The molecular formula is C13H22FN5. The molecule has 0 radical (unpaired) electrons. The Balaban J connectivity index is 1.76. The van der Waals surface area contributed by atoms with E-state index in [1.165, 1.54) is 6.42 Å². The second-order valence-electron chi connectivity index (χ2n) is 5.18. The van der Waals surface area contributed by atoms with E-state index >= 15 is 0 Å². The Morgan fingerprint density at radius 2 is 2.05 bits per heavy atom. The molecule has 19 heavy (non-hydrogen) atoms. The number of aromatic nitrogens is 2. The summed E-state index contributed by atoms with van der Waals surface area (Å²) in [7, 11) is 0. The first kappa shape index (κ1) is 14.0. The van der Waals surface area contributed by atoms with Crippen LogP contribution in [0.1, 0.15) is 37.7 Å². The lowest BCUT2D eigenvalue weighted by Gasteiger charge is -2.25. The molecule has 1 aliphatic rings. The Hall–Kier alpha value is -1.43. The van der Waals surface area contributed by atoms with Crippen molar-refractivity contribution in [3.05, 3.63) is 11.8 Å². The molecule has 106 valence electrons. The number of hydrogen-bond donors (Lipinski definition) is 3. The summed E-state index contributed by atoms with van der Waals surface area (Å²) in [6.45, 7) is 0.827. The minimum absolute atomic E-state index is 0.159. The standard InChI is InChI=1S/C13H22FN5/c14-11(9-4-2-1-3-5-9)8-17-6-10-7-18-13(16)19-12(10)15/h7,9,11,17H,1-6,8H2,(H4,15,16,18,19). The van der Waals surface area contributed by atoms with Crippen LogP contribution in [0.15, 0.2) is 6.20 Å². The van der Waals surface area contributed by atoms with Crippen LogP contribution in [0.4, 0.5) is 16.2 Å². The molecule has 0 spiro atoms. The summed E-state index contributed by atoms with van der Waals surface area (Å²) >= 11 is 0. The largest absolute Gasteiger partial charge is 0.383 e. The van der Waals surface area contributed by atoms with Crippen molar-refractivity contribution in [3.63, 3.8) is 0 Å². The molecule has 1 aliphatic carbocycles. The second-order valence-corrected chi connectivity index (χ2v) is 5.18. The lowest BCUT2D eigenvalue weighted by atomic mass is 9.86. The number of hydrogen-bond acceptors (Lipinski definition) is 5. The third kappa shape index (κ3) is 4.02. The highest BCUT2D eigenvalue weighted by Crippen LogP contribution is 2.27. The third-order valence-electron chi connectivity index (χ3n) is 3.73. The van der Waals surface area contributed by atoms with Crippen molar-refractivity contribution in [2.45, 2.75) is 44.8 Å². The van der Waals surface area contributed by atoms with Crippen LogP contribution in [0.3, 0.4) is 0 Å². The number of nitrogens with two attached hydrogens (primary N) is 2. The van der Waals surface area contributed by atoms with E-state index in [-0.39, 0.29) is 11.9 Å². The predicted molar refractivity (Wildman–Crippen MR) is 74.0 cm³/mol. The van der Waals surface area contributed by atoms with Crippen molar-refractivity contribution in [2.24, 2.45) is 5.92 Å². The number of nitrogens with zero attached hydrogens (tertiary/aromatic N) is 2. The molecule has 1 atom stereocenters. The fourth-order valence-electron chi connectivity index (χ4n) is 2.58. The summed E-state index contributed by atoms with van der Waals surface area (Å²) in [6.07, 6.45) is 6.38. The zero-order valence-corrected chi connectivity index (χ0v) is 11.1. The van der Waals surface area contributed by atoms with Gasteiger partial charge in [0.15, 0.2) is 0 Å². The van der Waals surface area contributed by atoms with Gasteiger partial charge in [0.2, 0.25) is 5.95 Å². The smallest absolute Gasteiger partial charge is 0.221 e. The van der Waals surface area contributed by atoms with E-state index in [4.69, 9.17) is 11.5 Å². The van der Waals surface area contributed by atoms with Gasteiger partial charge in [-0.3, -0.25) is 0 Å². The van der Waals surface area contributed by atoms with Crippen LogP contribution in [0.25, 0.3) is 0 Å². The summed E-state index contributed by atoms with van der Waals surface area (Å²) in [4.78, 5) is 7.75. The molecule has 1 saturated carbocycles. The predicted octanol–water partition coefficient (Wildman–Crippen LogP) is 1.65. The first-order chi connectivity index (χ1) is 9.16. The van der Waals surface area contributed by atoms with Crippen LogP contribution < -0.4 is 16.8 Å². The molecule has 5 nitrogen and oxygen atoms in total. The zero-order chi connectivity index (χ0) is 13.7. The molecular weight excluding hydrogens is 245 g/mol. The molecule has 1 unspecified atom stereocenters. The summed E-state index contributed by atoms with van der Waals surface area (Å²) in [5.74, 6) is 0.723. The van der Waals surface area contributed by atoms with Gasteiger partial charge in [-0.25, -0.2) is 9.37 Å². The third-order valence-corrected chi connectivity index (χ3v) is 3.73. The topological polar surface area (TPSA) is 89.8 Å². The summed E-state index contributed by atoms with van der Waals surface area (Å²) in [5, 5.41) is 3.08. The number of rotatable bonds is 5. The van der Waals surface area contributed by atoms with Gasteiger partial charge in [-0.2, -0.15) is 4.98 Å². The fourth-order valence-corrected chi connectivity index (χ4v) is 2.58. The van der Waals surface area contributed by atoms with Crippen molar-refractivity contribution in [1.82, 2.24) is 15.3 Å². The molecule has 0 bridgehead atoms. The summed E-state index contributed by atoms with van der Waals surface area (Å²) in [5.41, 5.74) is 11.9. The molecule has 1 fully saturated rings. The molecule has 1 heterocycles. The van der Waals surface area contributed by atoms with Gasteiger partial charge in [0.05, 0.1) is 0 Å². The van der Waals surface area contributed by atoms with Gasteiger partial charge in [-0.1, -0.05) is 19.3 Å². The zero-order valence-electron chi connectivity index (χ0n) is 11.1. The molecule has 1 aromatic rings. The van der Waals surface area contributed by atoms with Crippen molar-refractivity contribution >= 4 is 11.8 Å². The Morgan fingerprint density at radius 3 is 2.74 bits per heavy atom. The molecule has 0 saturated heterocycles. The van der Waals surface area contributed by atoms with Gasteiger partial charge in [0.25, 0.3) is 0 Å². The Morgan fingerprint density at radius 1 is 1.32 bits per heavy atom. The van der Waals surface area contributed by atoms with Gasteiger partial charge >= 0.3 is 0 Å². The highest BCUT2D eigenvalue weighted by atomic mass is 19.1. The number of halogens is 1. The normalized spacial score (nSPS) is 18.4. The molecule has 1 aromatic heterocycles. The highest BCUT2D eigenvalue weighted by molar-refractivity contribution is 5.41. The second kappa shape index (κ2) is 6.65. The minimum atomic E-state index is -0.781. The summed E-state index contributed by atoms with van der Waals surface area (Å²) in [6, 6.07) is 0. The number of nitrogens with one attached hydrogen (secondary N) is 1. The van der Waals surface area contributed by atoms with Crippen LogP contribution in [-0.4, -0.2) is 22.7 Å². The average molecular weight is 267 g/mol. The monoisotopic (exact) mass is 267 g/mol. The molecule has 5 N–H and O–H groups in total. The van der Waals surface area contributed by atoms with Crippen LogP contribution >= 0.6 is 0 Å². The van der Waals surface area contributed by atoms with Crippen LogP contribution in [0.2, 0.25) is 0 Å². The lowest BCUT2D eigenvalue weighted by Crippen LogP contribution is -2.31. The van der Waals surface area contributed by atoms with Crippen molar-refractivity contribution in [3.8, 4) is 0 Å². The molecule has 0 aliphatic heterocycles. The number of anilines is 2. The fraction of sp³-hybridized carbons (Fsp3) is 0.692. The van der Waals surface area contributed by atoms with E-state index < -0.39 is 6.17 Å². The average Bonchev–Trinajstić information content (AvgIpc) is 2.42. The van der Waals surface area contributed by atoms with Gasteiger partial charge in [0.1, 0.15) is 12.0 Å². The van der Waals surface area contributed by atoms with Crippen molar-refractivity contribution in [2.75, 3.05) is 18.0 Å². The highest BCUT2D eigenvalue weighted by Gasteiger charge is 2.22. The Kier molecular flexibility index (Phi) is 4.90. The van der Waals surface area contributed by atoms with Gasteiger partial charge in [-0.15, -0.1) is 0 Å². The van der Waals surface area contributed by atoms with Gasteiger partial charge in [0, 0.05) is 24.8 Å². The van der Waals surface area contributed by atoms with Crippen molar-refractivity contribution < 1.29 is 4.39 Å². The van der Waals surface area contributed by atoms with E-state index in [2.05, 4.69) is 15.3 Å². The maximum Gasteiger partial charge on any atom is 0.221 e. The SMILES string of the molecule is Nc1ncc(CNCC(F)C2CCCCC2)c(N)n1. The molecule has 0 amide bonds. The van der Waals surface area contributed by atoms with E-state index in [0.29, 0.717) is 18.9 Å². The quantitative estimate of drug-likeness (QED) is 0.754. The Bertz CT molecular complexity index is 406. The Labute approximate surface area is 113 Å². The van der Waals surface area contributed by atoms with E-state index in [1.54, 1.807) is 6.20 Å². The van der Waals surface area contributed by atoms with Crippen LogP contribution in [0, 0.1) is 5.92 Å². The lowest BCUT2D eigenvalue weighted by molar-refractivity contribution is 0.176. The molecule has 6 heteroatoms. The minimum Gasteiger partial charge on any atom is -0.383 e. The van der Waals surface area contributed by atoms with E-state index in [1.807, 2.05) is 0 Å². The first-order valence-electron chi connectivity index (χ1n) is 6.88. The van der Waals surface area contributed by atoms with Crippen molar-refractivity contribution in [1.29, 1.82) is 0 Å². The van der Waals surface area contributed by atoms with E-state index in [0.717, 1.165) is 31.2 Å².